The number of rotatable bonds is 12. The van der Waals surface area contributed by atoms with Crippen LogP contribution < -0.4 is 0 Å². The largest absolute Gasteiger partial charge is 4.00 e. The van der Waals surface area contributed by atoms with E-state index in [-0.39, 0.29) is 63.1 Å². The number of hydrogen-bond donors (Lipinski definition) is 0. The molecule has 0 N–H and O–H groups in total. The summed E-state index contributed by atoms with van der Waals surface area (Å²) in [4.78, 5) is 0. The van der Waals surface area contributed by atoms with Crippen molar-refractivity contribution in [1.29, 1.82) is 0 Å². The summed E-state index contributed by atoms with van der Waals surface area (Å²) in [5.74, 6) is 1.29. The fraction of sp³-hybridized carbons (Fsp3) is 0.471. The van der Waals surface area contributed by atoms with Gasteiger partial charge in [-0.05, 0) is 27.7 Å². The van der Waals surface area contributed by atoms with E-state index in [2.05, 4.69) is 89.1 Å². The average molecular weight is 636 g/mol. The molecule has 2 aromatic rings. The first-order valence-electron chi connectivity index (χ1n) is 13.0. The number of thiol groups is 1. The van der Waals surface area contributed by atoms with Crippen LogP contribution in [0.5, 0.6) is 0 Å². The zero-order valence-corrected chi connectivity index (χ0v) is 29.7. The van der Waals surface area contributed by atoms with Crippen molar-refractivity contribution in [2.75, 3.05) is 26.4 Å². The van der Waals surface area contributed by atoms with Gasteiger partial charge < -0.3 is 51.7 Å². The molecule has 5 heteroatoms. The third-order valence-corrected chi connectivity index (χ3v) is 4.69. The van der Waals surface area contributed by atoms with Gasteiger partial charge in [-0.25, -0.2) is 0 Å². The van der Waals surface area contributed by atoms with Gasteiger partial charge in [-0.15, -0.1) is 24.3 Å². The van der Waals surface area contributed by atoms with Crippen LogP contribution in [-0.4, -0.2) is 26.4 Å². The monoisotopic (exact) mass is 635 g/mol. The molecule has 0 fully saturated rings. The van der Waals surface area contributed by atoms with E-state index in [4.69, 9.17) is 9.47 Å². The van der Waals surface area contributed by atoms with Gasteiger partial charge in [0.25, 0.3) is 0 Å². The van der Waals surface area contributed by atoms with Crippen LogP contribution in [0.3, 0.4) is 0 Å². The maximum Gasteiger partial charge on any atom is 4.00 e. The van der Waals surface area contributed by atoms with E-state index < -0.39 is 0 Å². The smallest absolute Gasteiger partial charge is 0.813 e. The number of benzene rings is 2. The predicted molar refractivity (Wildman–Crippen MR) is 173 cm³/mol. The van der Waals surface area contributed by atoms with E-state index in [0.717, 1.165) is 39.3 Å². The maximum absolute atomic E-state index is 4.83. The summed E-state index contributed by atoms with van der Waals surface area (Å²) in [6.07, 6.45) is 8.98. The second-order valence-corrected chi connectivity index (χ2v) is 7.96. The fourth-order valence-electron chi connectivity index (χ4n) is 3.00. The third-order valence-electron chi connectivity index (χ3n) is 4.69. The van der Waals surface area contributed by atoms with E-state index in [1.54, 1.807) is 0 Å². The van der Waals surface area contributed by atoms with Gasteiger partial charge >= 0.3 is 34.7 Å². The maximum atomic E-state index is 4.83. The number of ether oxygens (including phenoxy) is 2. The van der Waals surface area contributed by atoms with Crippen molar-refractivity contribution in [2.24, 2.45) is 11.8 Å². The summed E-state index contributed by atoms with van der Waals surface area (Å²) in [5.41, 5.74) is 2.64. The quantitative estimate of drug-likeness (QED) is 0.131. The minimum atomic E-state index is 0. The zero-order chi connectivity index (χ0) is 25.9. The van der Waals surface area contributed by atoms with Gasteiger partial charge in [0, 0.05) is 26.4 Å². The van der Waals surface area contributed by atoms with Crippen LogP contribution in [0.15, 0.2) is 60.7 Å². The Morgan fingerprint density at radius 1 is 0.615 bits per heavy atom. The van der Waals surface area contributed by atoms with Crippen molar-refractivity contribution in [3.8, 4) is 0 Å². The van der Waals surface area contributed by atoms with Crippen molar-refractivity contribution in [3.63, 3.8) is 0 Å². The molecule has 2 atom stereocenters. The summed E-state index contributed by atoms with van der Waals surface area (Å²) >= 11 is 0. The molecule has 2 nitrogen and oxygen atoms in total. The van der Waals surface area contributed by atoms with Gasteiger partial charge in [-0.3, -0.25) is 0 Å². The van der Waals surface area contributed by atoms with Gasteiger partial charge in [-0.2, -0.15) is 61.1 Å². The molecule has 39 heavy (non-hydrogen) atoms. The summed E-state index contributed by atoms with van der Waals surface area (Å²) in [7, 11) is 0. The van der Waals surface area contributed by atoms with Crippen molar-refractivity contribution >= 4 is 13.5 Å². The predicted octanol–water partition coefficient (Wildman–Crippen LogP) is 9.69. The molecule has 0 aliphatic heterocycles. The Bertz CT molecular complexity index is 556. The average Bonchev–Trinajstić information content (AvgIpc) is 2.83. The van der Waals surface area contributed by atoms with Gasteiger partial charge in [0.15, 0.2) is 0 Å². The molecule has 2 aromatic carbocycles. The van der Waals surface area contributed by atoms with Crippen LogP contribution in [0, 0.1) is 53.4 Å². The molecule has 0 spiro atoms. The fourth-order valence-corrected chi connectivity index (χ4v) is 3.00. The Hall–Kier alpha value is -0.485. The van der Waals surface area contributed by atoms with Crippen molar-refractivity contribution < 1.29 is 44.2 Å². The van der Waals surface area contributed by atoms with Crippen LogP contribution in [0.1, 0.15) is 78.4 Å². The molecule has 225 valence electrons. The Kier molecular flexibility index (Phi) is 62.3. The summed E-state index contributed by atoms with van der Waals surface area (Å²) in [5, 5.41) is 0. The Labute approximate surface area is 275 Å². The van der Waals surface area contributed by atoms with E-state index in [9.17, 15) is 0 Å². The van der Waals surface area contributed by atoms with Gasteiger partial charge in [0.05, 0.1) is 0 Å². The second kappa shape index (κ2) is 44.5. The Balaban J connectivity index is -0.0000000719. The zero-order valence-electron chi connectivity index (χ0n) is 26.2. The first-order chi connectivity index (χ1) is 16.5. The molecule has 0 aliphatic rings. The summed E-state index contributed by atoms with van der Waals surface area (Å²) < 4.78 is 9.67. The van der Waals surface area contributed by atoms with Gasteiger partial charge in [-0.1, -0.05) is 50.7 Å². The molecule has 1 radical (unpaired) electrons. The molecule has 0 amide bonds. The van der Waals surface area contributed by atoms with Crippen LogP contribution in [0.25, 0.3) is 0 Å². The minimum Gasteiger partial charge on any atom is -0.813 e. The topological polar surface area (TPSA) is 18.5 Å². The van der Waals surface area contributed by atoms with Crippen molar-refractivity contribution in [1.82, 2.24) is 0 Å². The van der Waals surface area contributed by atoms with E-state index >= 15 is 0 Å². The first kappa shape index (κ1) is 54.6. The first-order valence-corrected chi connectivity index (χ1v) is 13.0. The Morgan fingerprint density at radius 3 is 1.05 bits per heavy atom. The van der Waals surface area contributed by atoms with E-state index in [0.29, 0.717) is 11.8 Å². The normalized spacial score (nSPS) is 9.85. The van der Waals surface area contributed by atoms with Gasteiger partial charge in [0.2, 0.25) is 0 Å². The number of hydrogen-bond acceptors (Lipinski definition) is 3. The molecule has 2 unspecified atom stereocenters. The third kappa shape index (κ3) is 42.1. The van der Waals surface area contributed by atoms with Crippen LogP contribution in [-0.2, 0) is 57.7 Å². The van der Waals surface area contributed by atoms with Crippen molar-refractivity contribution in [2.45, 2.75) is 67.2 Å². The Morgan fingerprint density at radius 2 is 0.872 bits per heavy atom. The molecule has 0 saturated carbocycles. The summed E-state index contributed by atoms with van der Waals surface area (Å²) in [6.45, 7) is 23.5. The van der Waals surface area contributed by atoms with E-state index in [1.165, 1.54) is 24.0 Å². The van der Waals surface area contributed by atoms with Crippen LogP contribution in [0.4, 0.5) is 0 Å². The summed E-state index contributed by atoms with van der Waals surface area (Å²) in [6, 6.07) is 20.9. The SMILES string of the molecule is CCOCC.CCOCC.[CH2-]CCC(C)[CH-]c1ccccc1.[CH2-]CCC(C)[CH-]c1ccccc1.[CH3-].[CH3-].[Cr+3].[Cr+4].[SH-]. The molecular weight excluding hydrogens is 576 g/mol. The second-order valence-electron chi connectivity index (χ2n) is 7.96. The molecular formula is C34H59Cr2O2S. The molecule has 0 aliphatic carbocycles. The molecule has 0 aromatic heterocycles. The molecule has 0 heterocycles. The molecule has 2 rings (SSSR count). The van der Waals surface area contributed by atoms with E-state index in [1.807, 2.05) is 39.8 Å². The standard InChI is InChI=1S/2C12H16.2C4H10O.2CH3.2Cr.H2S/c2*1-3-7-11(2)10-12-8-5-4-6-9-12;2*1-3-5-4-2;;;;;/h2*4-6,8-11H,1,3,7H2,2H3;2*3-4H2,1-2H3;2*1H3;;;1H2/q2*-2;;;2*-1;+3;+4;/p-1. The van der Waals surface area contributed by atoms with Crippen LogP contribution >= 0.6 is 0 Å². The van der Waals surface area contributed by atoms with Crippen molar-refractivity contribution in [3.05, 3.63) is 113 Å². The van der Waals surface area contributed by atoms with Crippen LogP contribution in [0.2, 0.25) is 0 Å². The van der Waals surface area contributed by atoms with Gasteiger partial charge in [0.1, 0.15) is 0 Å². The molecule has 0 bridgehead atoms. The minimum absolute atomic E-state index is 0. The molecule has 0 saturated heterocycles.